The lowest BCUT2D eigenvalue weighted by Gasteiger charge is -2.27. The van der Waals surface area contributed by atoms with Crippen molar-refractivity contribution in [1.82, 2.24) is 20.4 Å². The molecule has 0 unspecified atom stereocenters. The van der Waals surface area contributed by atoms with E-state index in [1.165, 1.54) is 41.9 Å². The fraction of sp³-hybridized carbons (Fsp3) is 0.415. The molecular weight excluding hydrogens is 612 g/mol. The van der Waals surface area contributed by atoms with E-state index >= 15 is 0 Å². The molecule has 0 aromatic heterocycles. The minimum absolute atomic E-state index is 0.168. The van der Waals surface area contributed by atoms with Crippen molar-refractivity contribution < 1.29 is 19.2 Å². The summed E-state index contributed by atoms with van der Waals surface area (Å²) in [6, 6.07) is 22.6. The summed E-state index contributed by atoms with van der Waals surface area (Å²) in [5, 5.41) is 10.3. The summed E-state index contributed by atoms with van der Waals surface area (Å²) >= 11 is 0. The molecule has 4 aromatic carbocycles. The van der Waals surface area contributed by atoms with Gasteiger partial charge in [-0.15, -0.1) is 0 Å². The Morgan fingerprint density at radius 2 is 0.776 bits per heavy atom. The van der Waals surface area contributed by atoms with E-state index < -0.39 is 0 Å². The number of rotatable bonds is 17. The Morgan fingerprint density at radius 3 is 1.16 bits per heavy atom. The Balaban J connectivity index is 0.000000192. The van der Waals surface area contributed by atoms with Crippen molar-refractivity contribution in [2.24, 2.45) is 0 Å². The van der Waals surface area contributed by atoms with Crippen molar-refractivity contribution in [2.75, 3.05) is 39.3 Å². The molecule has 8 nitrogen and oxygen atoms in total. The number of imide groups is 2. The van der Waals surface area contributed by atoms with Crippen molar-refractivity contribution in [3.63, 3.8) is 0 Å². The maximum atomic E-state index is 12.8. The molecule has 0 bridgehead atoms. The Bertz CT molecular complexity index is 1680. The average Bonchev–Trinajstić information content (AvgIpc) is 3.12. The molecule has 0 saturated heterocycles. The summed E-state index contributed by atoms with van der Waals surface area (Å²) < 4.78 is 0. The average molecular weight is 663 g/mol. The van der Waals surface area contributed by atoms with Crippen LogP contribution >= 0.6 is 0 Å². The third kappa shape index (κ3) is 8.43. The highest BCUT2D eigenvalue weighted by atomic mass is 16.2. The third-order valence-electron chi connectivity index (χ3n) is 9.35. The molecule has 8 heteroatoms. The van der Waals surface area contributed by atoms with Crippen LogP contribution in [0, 0.1) is 0 Å². The van der Waals surface area contributed by atoms with Crippen molar-refractivity contribution in [2.45, 2.75) is 71.6 Å². The highest BCUT2D eigenvalue weighted by Gasteiger charge is 2.33. The van der Waals surface area contributed by atoms with Gasteiger partial charge in [-0.2, -0.15) is 0 Å². The summed E-state index contributed by atoms with van der Waals surface area (Å²) in [6.07, 6.45) is 10.2. The van der Waals surface area contributed by atoms with Gasteiger partial charge in [-0.05, 0) is 86.9 Å². The predicted octanol–water partition coefficient (Wildman–Crippen LogP) is 7.60. The van der Waals surface area contributed by atoms with Crippen LogP contribution in [0.1, 0.15) is 113 Å². The standard InChI is InChI=1S/C22H28N2O2.C19H22N2O2/c1-2-3-4-5-6-14-23-15-9-16-24-21(25)18-12-7-10-17-11-8-13-19(20(17)18)22(24)26;1-2-3-11-20-12-6-13-21-18(22)15-9-4-7-14-8-5-10-16(17(14)15)19(21)23/h7-8,10-13,23H,2-6,9,14-16H2,1H3;4-5,7-10,20H,2-3,6,11-13H2,1H3. The first kappa shape index (κ1) is 35.9. The smallest absolute Gasteiger partial charge is 0.261 e. The molecule has 0 radical (unpaired) electrons. The molecule has 0 aliphatic carbocycles. The Kier molecular flexibility index (Phi) is 13.1. The quantitative estimate of drug-likeness (QED) is 0.0893. The van der Waals surface area contributed by atoms with Crippen LogP contribution in [0.4, 0.5) is 0 Å². The lowest BCUT2D eigenvalue weighted by molar-refractivity contribution is 0.0593. The topological polar surface area (TPSA) is 98.8 Å². The van der Waals surface area contributed by atoms with Gasteiger partial charge in [-0.1, -0.05) is 94.5 Å². The second-order valence-corrected chi connectivity index (χ2v) is 12.9. The Hall–Kier alpha value is -4.40. The van der Waals surface area contributed by atoms with Gasteiger partial charge in [0.05, 0.1) is 0 Å². The second kappa shape index (κ2) is 17.8. The molecule has 0 atom stereocenters. The number of hydrogen-bond donors (Lipinski definition) is 2. The number of carbonyl (C=O) groups is 4. The van der Waals surface area contributed by atoms with Gasteiger partial charge in [0.1, 0.15) is 0 Å². The van der Waals surface area contributed by atoms with Crippen LogP contribution in [-0.4, -0.2) is 72.7 Å². The van der Waals surface area contributed by atoms with Gasteiger partial charge in [0, 0.05) is 46.1 Å². The summed E-state index contributed by atoms with van der Waals surface area (Å²) in [6.45, 7) is 8.95. The van der Waals surface area contributed by atoms with Gasteiger partial charge in [0.2, 0.25) is 0 Å². The summed E-state index contributed by atoms with van der Waals surface area (Å²) in [4.78, 5) is 53.6. The van der Waals surface area contributed by atoms with Gasteiger partial charge < -0.3 is 10.6 Å². The minimum Gasteiger partial charge on any atom is -0.317 e. The van der Waals surface area contributed by atoms with E-state index in [0.717, 1.165) is 73.4 Å². The zero-order chi connectivity index (χ0) is 34.6. The summed E-state index contributed by atoms with van der Waals surface area (Å²) in [7, 11) is 0. The molecular formula is C41H50N4O4. The normalized spacial score (nSPS) is 13.8. The zero-order valence-electron chi connectivity index (χ0n) is 29.1. The highest BCUT2D eigenvalue weighted by molar-refractivity contribution is 6.26. The number of amides is 4. The first-order valence-electron chi connectivity index (χ1n) is 18.1. The van der Waals surface area contributed by atoms with Crippen molar-refractivity contribution in [3.8, 4) is 0 Å². The molecule has 0 spiro atoms. The number of nitrogens with zero attached hydrogens (tertiary/aromatic N) is 2. The fourth-order valence-electron chi connectivity index (χ4n) is 6.70. The van der Waals surface area contributed by atoms with Gasteiger partial charge >= 0.3 is 0 Å². The Labute approximate surface area is 290 Å². The van der Waals surface area contributed by atoms with E-state index in [4.69, 9.17) is 0 Å². The third-order valence-corrected chi connectivity index (χ3v) is 9.35. The SMILES string of the molecule is CCCCCCCNCCCN1C(=O)c2cccc3cccc(c23)C1=O.CCCCNCCCN1C(=O)c2cccc3cccc(c23)C1=O. The minimum atomic E-state index is -0.173. The van der Waals surface area contributed by atoms with Crippen LogP contribution < -0.4 is 10.6 Å². The van der Waals surface area contributed by atoms with Crippen LogP contribution in [0.25, 0.3) is 21.5 Å². The van der Waals surface area contributed by atoms with E-state index in [-0.39, 0.29) is 23.6 Å². The van der Waals surface area contributed by atoms with Crippen LogP contribution in [-0.2, 0) is 0 Å². The number of unbranched alkanes of at least 4 members (excludes halogenated alkanes) is 5. The molecule has 2 aliphatic rings. The van der Waals surface area contributed by atoms with E-state index in [1.807, 2.05) is 72.8 Å². The van der Waals surface area contributed by atoms with Crippen LogP contribution in [0.3, 0.4) is 0 Å². The van der Waals surface area contributed by atoms with Crippen LogP contribution in [0.5, 0.6) is 0 Å². The van der Waals surface area contributed by atoms with E-state index in [9.17, 15) is 19.2 Å². The van der Waals surface area contributed by atoms with Crippen molar-refractivity contribution in [3.05, 3.63) is 95.1 Å². The van der Waals surface area contributed by atoms with Gasteiger partial charge in [0.15, 0.2) is 0 Å². The van der Waals surface area contributed by atoms with E-state index in [2.05, 4.69) is 24.5 Å². The lowest BCUT2D eigenvalue weighted by atomic mass is 9.94. The lowest BCUT2D eigenvalue weighted by Crippen LogP contribution is -2.41. The fourth-order valence-corrected chi connectivity index (χ4v) is 6.70. The molecule has 2 heterocycles. The monoisotopic (exact) mass is 662 g/mol. The molecule has 2 N–H and O–H groups in total. The van der Waals surface area contributed by atoms with Crippen molar-refractivity contribution in [1.29, 1.82) is 0 Å². The first-order chi connectivity index (χ1) is 24.0. The maximum Gasteiger partial charge on any atom is 0.261 e. The largest absolute Gasteiger partial charge is 0.317 e. The molecule has 4 amide bonds. The zero-order valence-corrected chi connectivity index (χ0v) is 29.1. The number of benzene rings is 4. The molecule has 6 rings (SSSR count). The van der Waals surface area contributed by atoms with Crippen LogP contribution in [0.15, 0.2) is 72.8 Å². The number of hydrogen-bond acceptors (Lipinski definition) is 6. The van der Waals surface area contributed by atoms with E-state index in [1.54, 1.807) is 0 Å². The number of nitrogens with one attached hydrogen (secondary N) is 2. The molecule has 0 saturated carbocycles. The molecule has 49 heavy (non-hydrogen) atoms. The summed E-state index contributed by atoms with van der Waals surface area (Å²) in [5.74, 6) is -0.682. The molecule has 0 fully saturated rings. The van der Waals surface area contributed by atoms with Crippen molar-refractivity contribution >= 4 is 45.2 Å². The van der Waals surface area contributed by atoms with E-state index in [0.29, 0.717) is 35.3 Å². The second-order valence-electron chi connectivity index (χ2n) is 12.9. The van der Waals surface area contributed by atoms with Gasteiger partial charge in [-0.3, -0.25) is 29.0 Å². The van der Waals surface area contributed by atoms with Crippen LogP contribution in [0.2, 0.25) is 0 Å². The highest BCUT2D eigenvalue weighted by Crippen LogP contribution is 2.31. The maximum absolute atomic E-state index is 12.8. The van der Waals surface area contributed by atoms with Gasteiger partial charge in [0.25, 0.3) is 23.6 Å². The number of carbonyl (C=O) groups excluding carboxylic acids is 4. The molecule has 258 valence electrons. The Morgan fingerprint density at radius 1 is 0.429 bits per heavy atom. The molecule has 2 aliphatic heterocycles. The van der Waals surface area contributed by atoms with Gasteiger partial charge in [-0.25, -0.2) is 0 Å². The predicted molar refractivity (Wildman–Crippen MR) is 197 cm³/mol. The molecule has 4 aromatic rings. The summed E-state index contributed by atoms with van der Waals surface area (Å²) in [5.41, 5.74) is 2.55. The first-order valence-corrected chi connectivity index (χ1v) is 18.1.